The zero-order valence-electron chi connectivity index (χ0n) is 10.4. The largest absolute Gasteiger partial charge is 0.492 e. The van der Waals surface area contributed by atoms with Crippen LogP contribution in [0.5, 0.6) is 5.75 Å². The molecular formula is C13H16ClN3O. The number of likely N-dealkylation sites (N-methyl/N-ethyl adjacent to an activating group) is 1. The summed E-state index contributed by atoms with van der Waals surface area (Å²) >= 11 is 5.91. The second-order valence-electron chi connectivity index (χ2n) is 4.06. The molecule has 0 amide bonds. The summed E-state index contributed by atoms with van der Waals surface area (Å²) in [6, 6.07) is 7.50. The van der Waals surface area contributed by atoms with Crippen LogP contribution in [-0.4, -0.2) is 23.4 Å². The Kier molecular flexibility index (Phi) is 4.23. The number of aryl methyl sites for hydroxylation is 1. The number of hydrogen-bond acceptors (Lipinski definition) is 3. The maximum Gasteiger partial charge on any atom is 0.120 e. The molecule has 0 fully saturated rings. The van der Waals surface area contributed by atoms with Gasteiger partial charge in [0.25, 0.3) is 0 Å². The van der Waals surface area contributed by atoms with Crippen molar-refractivity contribution in [1.82, 2.24) is 15.1 Å². The fourth-order valence-corrected chi connectivity index (χ4v) is 1.88. The highest BCUT2D eigenvalue weighted by molar-refractivity contribution is 6.30. The standard InChI is InChI=1S/C13H16ClN3O/c1-15-13(10-7-16-17(2)8-10)9-18-12-5-3-4-11(14)6-12/h3-8,13,15H,9H2,1-2H3. The molecule has 96 valence electrons. The van der Waals surface area contributed by atoms with E-state index in [1.54, 1.807) is 10.7 Å². The number of aromatic nitrogens is 2. The molecule has 0 saturated heterocycles. The predicted octanol–water partition coefficient (Wildman–Crippen LogP) is 2.41. The molecule has 5 heteroatoms. The van der Waals surface area contributed by atoms with E-state index in [1.165, 1.54) is 0 Å². The zero-order valence-corrected chi connectivity index (χ0v) is 11.2. The summed E-state index contributed by atoms with van der Waals surface area (Å²) in [4.78, 5) is 0. The third kappa shape index (κ3) is 3.24. The van der Waals surface area contributed by atoms with Crippen molar-refractivity contribution in [2.45, 2.75) is 6.04 Å². The van der Waals surface area contributed by atoms with Crippen LogP contribution in [0.1, 0.15) is 11.6 Å². The average Bonchev–Trinajstić information content (AvgIpc) is 2.77. The Morgan fingerprint density at radius 3 is 2.94 bits per heavy atom. The van der Waals surface area contributed by atoms with Crippen molar-refractivity contribution in [3.8, 4) is 5.75 Å². The number of nitrogens with zero attached hydrogens (tertiary/aromatic N) is 2. The van der Waals surface area contributed by atoms with Gasteiger partial charge in [-0.25, -0.2) is 0 Å². The lowest BCUT2D eigenvalue weighted by Crippen LogP contribution is -2.22. The third-order valence-corrected chi connectivity index (χ3v) is 2.92. The normalized spacial score (nSPS) is 12.4. The van der Waals surface area contributed by atoms with Crippen LogP contribution in [0, 0.1) is 0 Å². The van der Waals surface area contributed by atoms with E-state index in [-0.39, 0.29) is 6.04 Å². The van der Waals surface area contributed by atoms with Gasteiger partial charge in [0.15, 0.2) is 0 Å². The maximum absolute atomic E-state index is 5.91. The van der Waals surface area contributed by atoms with E-state index in [0.717, 1.165) is 11.3 Å². The van der Waals surface area contributed by atoms with E-state index in [4.69, 9.17) is 16.3 Å². The molecule has 0 bridgehead atoms. The molecule has 4 nitrogen and oxygen atoms in total. The first kappa shape index (κ1) is 12.9. The van der Waals surface area contributed by atoms with E-state index in [1.807, 2.05) is 44.7 Å². The molecule has 0 radical (unpaired) electrons. The monoisotopic (exact) mass is 265 g/mol. The summed E-state index contributed by atoms with van der Waals surface area (Å²) in [6.45, 7) is 0.530. The first-order valence-corrected chi connectivity index (χ1v) is 6.11. The number of hydrogen-bond donors (Lipinski definition) is 1. The van der Waals surface area contributed by atoms with Crippen molar-refractivity contribution in [2.24, 2.45) is 7.05 Å². The smallest absolute Gasteiger partial charge is 0.120 e. The van der Waals surface area contributed by atoms with Gasteiger partial charge in [0.1, 0.15) is 12.4 Å². The van der Waals surface area contributed by atoms with Crippen molar-refractivity contribution in [1.29, 1.82) is 0 Å². The Balaban J connectivity index is 1.99. The van der Waals surface area contributed by atoms with Gasteiger partial charge in [-0.15, -0.1) is 0 Å². The molecule has 1 aromatic heterocycles. The quantitative estimate of drug-likeness (QED) is 0.902. The first-order valence-electron chi connectivity index (χ1n) is 5.73. The summed E-state index contributed by atoms with van der Waals surface area (Å²) in [6.07, 6.45) is 3.81. The molecule has 2 aromatic rings. The minimum Gasteiger partial charge on any atom is -0.492 e. The molecule has 0 aliphatic carbocycles. The highest BCUT2D eigenvalue weighted by atomic mass is 35.5. The van der Waals surface area contributed by atoms with Crippen LogP contribution in [0.4, 0.5) is 0 Å². The zero-order chi connectivity index (χ0) is 13.0. The summed E-state index contributed by atoms with van der Waals surface area (Å²) in [7, 11) is 3.80. The van der Waals surface area contributed by atoms with Gasteiger partial charge in [-0.2, -0.15) is 5.10 Å². The van der Waals surface area contributed by atoms with Crippen molar-refractivity contribution in [3.05, 3.63) is 47.2 Å². The Labute approximate surface area is 112 Å². The molecule has 1 atom stereocenters. The number of benzene rings is 1. The third-order valence-electron chi connectivity index (χ3n) is 2.69. The van der Waals surface area contributed by atoms with Gasteiger partial charge in [-0.3, -0.25) is 4.68 Å². The lowest BCUT2D eigenvalue weighted by Gasteiger charge is -2.15. The van der Waals surface area contributed by atoms with Crippen LogP contribution in [0.15, 0.2) is 36.7 Å². The van der Waals surface area contributed by atoms with Gasteiger partial charge >= 0.3 is 0 Å². The maximum atomic E-state index is 5.91. The molecule has 1 aromatic carbocycles. The Morgan fingerprint density at radius 1 is 1.50 bits per heavy atom. The first-order chi connectivity index (χ1) is 8.69. The van der Waals surface area contributed by atoms with E-state index in [9.17, 15) is 0 Å². The van der Waals surface area contributed by atoms with Crippen LogP contribution < -0.4 is 10.1 Å². The summed E-state index contributed by atoms with van der Waals surface area (Å²) in [5.41, 5.74) is 1.10. The van der Waals surface area contributed by atoms with Crippen molar-refractivity contribution in [2.75, 3.05) is 13.7 Å². The summed E-state index contributed by atoms with van der Waals surface area (Å²) in [5, 5.41) is 8.04. The van der Waals surface area contributed by atoms with E-state index >= 15 is 0 Å². The molecule has 0 aliphatic heterocycles. The van der Waals surface area contributed by atoms with Crippen molar-refractivity contribution < 1.29 is 4.74 Å². The summed E-state index contributed by atoms with van der Waals surface area (Å²) < 4.78 is 7.50. The van der Waals surface area contributed by atoms with E-state index in [0.29, 0.717) is 11.6 Å². The molecule has 0 spiro atoms. The van der Waals surface area contributed by atoms with Crippen LogP contribution in [-0.2, 0) is 7.05 Å². The SMILES string of the molecule is CNC(COc1cccc(Cl)c1)c1cnn(C)c1. The topological polar surface area (TPSA) is 39.1 Å². The Hall–Kier alpha value is -1.52. The van der Waals surface area contributed by atoms with Crippen molar-refractivity contribution >= 4 is 11.6 Å². The average molecular weight is 266 g/mol. The second kappa shape index (κ2) is 5.89. The van der Waals surface area contributed by atoms with Gasteiger partial charge in [0.2, 0.25) is 0 Å². The molecule has 1 heterocycles. The molecule has 2 rings (SSSR count). The molecular weight excluding hydrogens is 250 g/mol. The van der Waals surface area contributed by atoms with Gasteiger partial charge in [0, 0.05) is 23.8 Å². The van der Waals surface area contributed by atoms with Crippen molar-refractivity contribution in [3.63, 3.8) is 0 Å². The van der Waals surface area contributed by atoms with Gasteiger partial charge < -0.3 is 10.1 Å². The van der Waals surface area contributed by atoms with Gasteiger partial charge in [-0.1, -0.05) is 17.7 Å². The predicted molar refractivity (Wildman–Crippen MR) is 72.0 cm³/mol. The Bertz CT molecular complexity index is 512. The fourth-order valence-electron chi connectivity index (χ4n) is 1.70. The molecule has 0 saturated carbocycles. The Morgan fingerprint density at radius 2 is 2.33 bits per heavy atom. The van der Waals surface area contributed by atoms with Crippen LogP contribution >= 0.6 is 11.6 Å². The molecule has 1 unspecified atom stereocenters. The minimum atomic E-state index is 0.109. The number of nitrogens with one attached hydrogen (secondary N) is 1. The minimum absolute atomic E-state index is 0.109. The molecule has 1 N–H and O–H groups in total. The van der Waals surface area contributed by atoms with Crippen LogP contribution in [0.25, 0.3) is 0 Å². The fraction of sp³-hybridized carbons (Fsp3) is 0.308. The van der Waals surface area contributed by atoms with E-state index < -0.39 is 0 Å². The number of halogens is 1. The van der Waals surface area contributed by atoms with Crippen LogP contribution in [0.3, 0.4) is 0 Å². The lowest BCUT2D eigenvalue weighted by atomic mass is 10.2. The molecule has 0 aliphatic rings. The van der Waals surface area contributed by atoms with Gasteiger partial charge in [0.05, 0.1) is 12.2 Å². The lowest BCUT2D eigenvalue weighted by molar-refractivity contribution is 0.273. The highest BCUT2D eigenvalue weighted by Gasteiger charge is 2.11. The second-order valence-corrected chi connectivity index (χ2v) is 4.49. The summed E-state index contributed by atoms with van der Waals surface area (Å²) in [5.74, 6) is 0.770. The molecule has 18 heavy (non-hydrogen) atoms. The highest BCUT2D eigenvalue weighted by Crippen LogP contribution is 2.19. The van der Waals surface area contributed by atoms with E-state index in [2.05, 4.69) is 10.4 Å². The van der Waals surface area contributed by atoms with Gasteiger partial charge in [-0.05, 0) is 25.2 Å². The number of ether oxygens (including phenoxy) is 1. The van der Waals surface area contributed by atoms with Crippen LogP contribution in [0.2, 0.25) is 5.02 Å². The number of rotatable bonds is 5.